The number of nitrogens with zero attached hydrogens (tertiary/aromatic N) is 4. The van der Waals surface area contributed by atoms with E-state index in [0.29, 0.717) is 24.5 Å². The molecule has 0 bridgehead atoms. The van der Waals surface area contributed by atoms with E-state index in [1.807, 2.05) is 55.8 Å². The maximum Gasteiger partial charge on any atom is 0.319 e. The van der Waals surface area contributed by atoms with Crippen molar-refractivity contribution in [3.05, 3.63) is 60.2 Å². The Bertz CT molecular complexity index is 1160. The van der Waals surface area contributed by atoms with Gasteiger partial charge < -0.3 is 15.1 Å². The Labute approximate surface area is 174 Å². The minimum absolute atomic E-state index is 0.222. The standard InChI is InChI=1S/C22H24N6O2/c1-14(2)28-20-17(11-25-28)10-19(12-24-20)27-22(29)23-9-8-18-13-30-21(26-18)16-6-4-15(3)5-7-16/h4-7,10-14H,8-9H2,1-3H3,(H2,23,27,29). The summed E-state index contributed by atoms with van der Waals surface area (Å²) in [6.45, 7) is 6.57. The van der Waals surface area contributed by atoms with Gasteiger partial charge >= 0.3 is 6.03 Å². The van der Waals surface area contributed by atoms with Crippen molar-refractivity contribution in [2.24, 2.45) is 0 Å². The highest BCUT2D eigenvalue weighted by atomic mass is 16.3. The van der Waals surface area contributed by atoms with Crippen LogP contribution in [0.2, 0.25) is 0 Å². The van der Waals surface area contributed by atoms with Crippen molar-refractivity contribution in [2.75, 3.05) is 11.9 Å². The number of fused-ring (bicyclic) bond motifs is 1. The molecule has 1 aromatic carbocycles. The molecule has 30 heavy (non-hydrogen) atoms. The first kappa shape index (κ1) is 19.6. The number of aryl methyl sites for hydroxylation is 1. The van der Waals surface area contributed by atoms with Gasteiger partial charge in [-0.1, -0.05) is 17.7 Å². The van der Waals surface area contributed by atoms with Gasteiger partial charge in [0.05, 0.1) is 23.8 Å². The summed E-state index contributed by atoms with van der Waals surface area (Å²) >= 11 is 0. The van der Waals surface area contributed by atoms with Gasteiger partial charge in [-0.05, 0) is 39.0 Å². The van der Waals surface area contributed by atoms with Gasteiger partial charge in [0.25, 0.3) is 0 Å². The van der Waals surface area contributed by atoms with Gasteiger partial charge in [0, 0.05) is 30.0 Å². The van der Waals surface area contributed by atoms with E-state index in [0.717, 1.165) is 22.3 Å². The molecule has 0 fully saturated rings. The number of hydrogen-bond donors (Lipinski definition) is 2. The third-order valence-corrected chi connectivity index (χ3v) is 4.70. The molecular weight excluding hydrogens is 380 g/mol. The summed E-state index contributed by atoms with van der Waals surface area (Å²) in [7, 11) is 0. The molecule has 0 spiro atoms. The summed E-state index contributed by atoms with van der Waals surface area (Å²) in [6, 6.07) is 9.78. The number of aromatic nitrogens is 4. The highest BCUT2D eigenvalue weighted by Gasteiger charge is 2.10. The average Bonchev–Trinajstić information content (AvgIpc) is 3.35. The minimum Gasteiger partial charge on any atom is -0.444 e. The summed E-state index contributed by atoms with van der Waals surface area (Å²) < 4.78 is 7.40. The molecule has 3 aromatic heterocycles. The van der Waals surface area contributed by atoms with Crippen LogP contribution in [-0.2, 0) is 6.42 Å². The van der Waals surface area contributed by atoms with E-state index in [4.69, 9.17) is 4.42 Å². The highest BCUT2D eigenvalue weighted by molar-refractivity contribution is 5.91. The summed E-state index contributed by atoms with van der Waals surface area (Å²) in [4.78, 5) is 21.1. The number of anilines is 1. The minimum atomic E-state index is -0.297. The quantitative estimate of drug-likeness (QED) is 0.498. The summed E-state index contributed by atoms with van der Waals surface area (Å²) in [5.74, 6) is 0.579. The molecule has 8 nitrogen and oxygen atoms in total. The van der Waals surface area contributed by atoms with Crippen molar-refractivity contribution in [1.82, 2.24) is 25.1 Å². The fourth-order valence-electron chi connectivity index (χ4n) is 3.12. The molecule has 2 amide bonds. The van der Waals surface area contributed by atoms with Crippen LogP contribution in [-0.4, -0.2) is 32.3 Å². The number of benzene rings is 1. The number of hydrogen-bond acceptors (Lipinski definition) is 5. The van der Waals surface area contributed by atoms with Crippen molar-refractivity contribution < 1.29 is 9.21 Å². The molecular formula is C22H24N6O2. The molecule has 4 aromatic rings. The normalized spacial score (nSPS) is 11.2. The van der Waals surface area contributed by atoms with Gasteiger partial charge in [-0.25, -0.2) is 19.4 Å². The lowest BCUT2D eigenvalue weighted by molar-refractivity contribution is 0.252. The van der Waals surface area contributed by atoms with Crippen LogP contribution in [0.25, 0.3) is 22.5 Å². The van der Waals surface area contributed by atoms with Crippen LogP contribution in [0.1, 0.15) is 31.1 Å². The lowest BCUT2D eigenvalue weighted by atomic mass is 10.1. The lowest BCUT2D eigenvalue weighted by Gasteiger charge is -2.08. The maximum absolute atomic E-state index is 12.2. The SMILES string of the molecule is Cc1ccc(-c2nc(CCNC(=O)Nc3cnc4c(cnn4C(C)C)c3)co2)cc1. The Kier molecular flexibility index (Phi) is 5.47. The van der Waals surface area contributed by atoms with E-state index >= 15 is 0 Å². The van der Waals surface area contributed by atoms with Crippen LogP contribution in [0.5, 0.6) is 0 Å². The fraction of sp³-hybridized carbons (Fsp3) is 0.273. The van der Waals surface area contributed by atoms with Crippen LogP contribution in [0.15, 0.2) is 53.4 Å². The molecule has 4 rings (SSSR count). The number of nitrogens with one attached hydrogen (secondary N) is 2. The molecule has 0 saturated carbocycles. The number of carbonyl (C=O) groups excluding carboxylic acids is 1. The van der Waals surface area contributed by atoms with Gasteiger partial charge in [-0.2, -0.15) is 5.10 Å². The molecule has 8 heteroatoms. The molecule has 0 radical (unpaired) electrons. The molecule has 0 saturated heterocycles. The van der Waals surface area contributed by atoms with Crippen LogP contribution in [0, 0.1) is 6.92 Å². The van der Waals surface area contributed by atoms with E-state index in [2.05, 4.69) is 25.7 Å². The predicted octanol–water partition coefficient (Wildman–Crippen LogP) is 4.34. The second-order valence-corrected chi connectivity index (χ2v) is 7.46. The Morgan fingerprint density at radius 3 is 2.77 bits per heavy atom. The zero-order valence-corrected chi connectivity index (χ0v) is 17.2. The van der Waals surface area contributed by atoms with Crippen molar-refractivity contribution >= 4 is 22.8 Å². The molecule has 0 unspecified atom stereocenters. The Balaban J connectivity index is 1.30. The Morgan fingerprint density at radius 2 is 2.00 bits per heavy atom. The van der Waals surface area contributed by atoms with E-state index < -0.39 is 0 Å². The number of rotatable bonds is 6. The van der Waals surface area contributed by atoms with Crippen molar-refractivity contribution in [3.8, 4) is 11.5 Å². The number of carbonyl (C=O) groups is 1. The van der Waals surface area contributed by atoms with Crippen LogP contribution in [0.4, 0.5) is 10.5 Å². The zero-order chi connectivity index (χ0) is 21.1. The maximum atomic E-state index is 12.2. The fourth-order valence-corrected chi connectivity index (χ4v) is 3.12. The van der Waals surface area contributed by atoms with Crippen LogP contribution in [0.3, 0.4) is 0 Å². The molecule has 0 aliphatic heterocycles. The Morgan fingerprint density at radius 1 is 1.20 bits per heavy atom. The number of oxazole rings is 1. The number of urea groups is 1. The van der Waals surface area contributed by atoms with Gasteiger partial charge in [0.2, 0.25) is 5.89 Å². The summed E-state index contributed by atoms with van der Waals surface area (Å²) in [6.07, 6.45) is 5.58. The largest absolute Gasteiger partial charge is 0.444 e. The Hall–Kier alpha value is -3.68. The lowest BCUT2D eigenvalue weighted by Crippen LogP contribution is -2.30. The first-order valence-corrected chi connectivity index (χ1v) is 9.89. The monoisotopic (exact) mass is 404 g/mol. The predicted molar refractivity (Wildman–Crippen MR) is 115 cm³/mol. The van der Waals surface area contributed by atoms with Crippen molar-refractivity contribution in [3.63, 3.8) is 0 Å². The van der Waals surface area contributed by atoms with Crippen molar-refractivity contribution in [1.29, 1.82) is 0 Å². The van der Waals surface area contributed by atoms with Crippen LogP contribution < -0.4 is 10.6 Å². The molecule has 3 heterocycles. The van der Waals surface area contributed by atoms with Crippen LogP contribution >= 0.6 is 0 Å². The smallest absolute Gasteiger partial charge is 0.319 e. The van der Waals surface area contributed by atoms with Gasteiger partial charge in [-0.15, -0.1) is 0 Å². The molecule has 154 valence electrons. The molecule has 0 aliphatic carbocycles. The molecule has 0 atom stereocenters. The van der Waals surface area contributed by atoms with E-state index in [1.54, 1.807) is 18.7 Å². The third-order valence-electron chi connectivity index (χ3n) is 4.70. The average molecular weight is 404 g/mol. The number of amides is 2. The van der Waals surface area contributed by atoms with Gasteiger partial charge in [-0.3, -0.25) is 0 Å². The second-order valence-electron chi connectivity index (χ2n) is 7.46. The first-order chi connectivity index (χ1) is 14.5. The molecule has 0 aliphatic rings. The van der Waals surface area contributed by atoms with Gasteiger partial charge in [0.15, 0.2) is 5.65 Å². The zero-order valence-electron chi connectivity index (χ0n) is 17.2. The molecule has 2 N–H and O–H groups in total. The van der Waals surface area contributed by atoms with E-state index in [1.165, 1.54) is 5.56 Å². The summed E-state index contributed by atoms with van der Waals surface area (Å²) in [5.41, 5.74) is 4.32. The van der Waals surface area contributed by atoms with E-state index in [9.17, 15) is 4.79 Å². The second kappa shape index (κ2) is 8.36. The van der Waals surface area contributed by atoms with E-state index in [-0.39, 0.29) is 12.1 Å². The summed E-state index contributed by atoms with van der Waals surface area (Å²) in [5, 5.41) is 10.8. The van der Waals surface area contributed by atoms with Crippen molar-refractivity contribution in [2.45, 2.75) is 33.2 Å². The topological polar surface area (TPSA) is 97.9 Å². The van der Waals surface area contributed by atoms with Gasteiger partial charge in [0.1, 0.15) is 6.26 Å². The highest BCUT2D eigenvalue weighted by Crippen LogP contribution is 2.20. The third kappa shape index (κ3) is 4.32. The first-order valence-electron chi connectivity index (χ1n) is 9.89. The number of pyridine rings is 1.